The number of likely N-dealkylation sites (N-methyl/N-ethyl adjacent to an activating group) is 1. The number of nitrogens with zero attached hydrogens (tertiary/aromatic N) is 3. The Balaban J connectivity index is 1.46. The highest BCUT2D eigenvalue weighted by Gasteiger charge is 2.48. The predicted molar refractivity (Wildman–Crippen MR) is 154 cm³/mol. The molecule has 1 aromatic carbocycles. The van der Waals surface area contributed by atoms with E-state index in [1.54, 1.807) is 6.08 Å². The molecule has 44 heavy (non-hydrogen) atoms. The van der Waals surface area contributed by atoms with Crippen LogP contribution in [-0.2, 0) is 4.74 Å². The molecule has 238 valence electrons. The number of hydrogen-bond donors (Lipinski definition) is 2. The van der Waals surface area contributed by atoms with Crippen LogP contribution in [0, 0.1) is 5.82 Å². The molecule has 2 unspecified atom stereocenters. The fourth-order valence-corrected chi connectivity index (χ4v) is 5.83. The number of hydrogen-bond acceptors (Lipinski definition) is 6. The molecule has 2 fully saturated rings. The number of aromatic amines is 1. The lowest BCUT2D eigenvalue weighted by Gasteiger charge is -2.44. The van der Waals surface area contributed by atoms with E-state index in [0.717, 1.165) is 6.20 Å². The number of rotatable bonds is 6. The number of carbonyl (C=O) groups is 2. The van der Waals surface area contributed by atoms with Gasteiger partial charge in [-0.15, -0.1) is 0 Å². The van der Waals surface area contributed by atoms with Crippen molar-refractivity contribution in [2.24, 2.45) is 0 Å². The molecule has 3 heterocycles. The minimum atomic E-state index is -3.09. The van der Waals surface area contributed by atoms with Crippen LogP contribution in [0.3, 0.4) is 0 Å². The monoisotopic (exact) mass is 623 g/mol. The molecule has 1 aliphatic carbocycles. The third-order valence-electron chi connectivity index (χ3n) is 8.55. The molecular formula is C30H34F5N5O4. The van der Waals surface area contributed by atoms with Crippen molar-refractivity contribution in [2.45, 2.75) is 63.6 Å². The Morgan fingerprint density at radius 3 is 2.43 bits per heavy atom. The number of H-pyrrole nitrogens is 1. The van der Waals surface area contributed by atoms with Gasteiger partial charge in [-0.1, -0.05) is 6.08 Å². The lowest BCUT2D eigenvalue weighted by Crippen LogP contribution is -2.55. The van der Waals surface area contributed by atoms with Crippen molar-refractivity contribution in [1.82, 2.24) is 14.8 Å². The molecule has 1 saturated heterocycles. The number of carbonyl (C=O) groups excluding carboxylic acids is 2. The van der Waals surface area contributed by atoms with E-state index < -0.39 is 65.8 Å². The number of ether oxygens (including phenoxy) is 1. The fraction of sp³-hybridized carbons (Fsp3) is 0.500. The Bertz CT molecular complexity index is 1510. The highest BCUT2D eigenvalue weighted by Crippen LogP contribution is 2.40. The zero-order valence-electron chi connectivity index (χ0n) is 24.5. The standard InChI is InChI=1S/C30H34F5N5O4/c1-16-13-40(14-17(2)38(16)3)25-9-23(31)20(7-24(25)37-28(42)22-12-36-26(41)8-21(22)27(32)33)18-5-4-6-39(15-18)29(43)44-19-10-30(34,35)11-19/h5,7-9,12,16-17,19,27H,4,6,10-11,13-15H2,1-3H3,(H,36,41)(H,37,42). The van der Waals surface area contributed by atoms with E-state index in [2.05, 4.69) is 15.2 Å². The third-order valence-corrected chi connectivity index (χ3v) is 8.55. The molecule has 2 aromatic rings. The largest absolute Gasteiger partial charge is 0.446 e. The van der Waals surface area contributed by atoms with Gasteiger partial charge in [-0.25, -0.2) is 26.7 Å². The first kappa shape index (κ1) is 31.5. The summed E-state index contributed by atoms with van der Waals surface area (Å²) in [5, 5.41) is 2.65. The smallest absolute Gasteiger partial charge is 0.410 e. The average Bonchev–Trinajstić information content (AvgIpc) is 2.95. The van der Waals surface area contributed by atoms with Gasteiger partial charge in [0.05, 0.1) is 16.9 Å². The van der Waals surface area contributed by atoms with Crippen LogP contribution in [0.5, 0.6) is 0 Å². The summed E-state index contributed by atoms with van der Waals surface area (Å²) in [6, 6.07) is 3.48. The predicted octanol–water partition coefficient (Wildman–Crippen LogP) is 5.26. The molecule has 1 aromatic heterocycles. The summed E-state index contributed by atoms with van der Waals surface area (Å²) in [7, 11) is 1.98. The molecule has 14 heteroatoms. The van der Waals surface area contributed by atoms with Crippen molar-refractivity contribution >= 4 is 28.9 Å². The van der Waals surface area contributed by atoms with Gasteiger partial charge in [0.15, 0.2) is 0 Å². The Morgan fingerprint density at radius 2 is 1.80 bits per heavy atom. The minimum Gasteiger partial charge on any atom is -0.446 e. The third kappa shape index (κ3) is 6.59. The van der Waals surface area contributed by atoms with Crippen molar-refractivity contribution in [3.05, 3.63) is 63.3 Å². The van der Waals surface area contributed by atoms with Gasteiger partial charge >= 0.3 is 6.09 Å². The maximum atomic E-state index is 15.9. The van der Waals surface area contributed by atoms with E-state index in [1.807, 2.05) is 25.8 Å². The first-order valence-corrected chi connectivity index (χ1v) is 14.4. The number of alkyl halides is 4. The fourth-order valence-electron chi connectivity index (χ4n) is 5.83. The Hall–Kier alpha value is -3.94. The van der Waals surface area contributed by atoms with Gasteiger partial charge in [0.1, 0.15) is 11.9 Å². The molecule has 3 aliphatic rings. The number of piperazine rings is 1. The summed E-state index contributed by atoms with van der Waals surface area (Å²) >= 11 is 0. The number of amides is 2. The van der Waals surface area contributed by atoms with Crippen LogP contribution >= 0.6 is 0 Å². The van der Waals surface area contributed by atoms with E-state index in [4.69, 9.17) is 4.74 Å². The molecule has 2 N–H and O–H groups in total. The van der Waals surface area contributed by atoms with Crippen LogP contribution in [0.1, 0.15) is 61.0 Å². The van der Waals surface area contributed by atoms with Crippen molar-refractivity contribution in [3.8, 4) is 0 Å². The zero-order chi connectivity index (χ0) is 31.9. The van der Waals surface area contributed by atoms with Gasteiger partial charge in [-0.05, 0) is 45.0 Å². The van der Waals surface area contributed by atoms with Gasteiger partial charge in [-0.3, -0.25) is 14.5 Å². The second-order valence-corrected chi connectivity index (χ2v) is 11.7. The van der Waals surface area contributed by atoms with Gasteiger partial charge in [0.25, 0.3) is 18.3 Å². The molecule has 5 rings (SSSR count). The highest BCUT2D eigenvalue weighted by atomic mass is 19.3. The van der Waals surface area contributed by atoms with Crippen LogP contribution < -0.4 is 15.8 Å². The zero-order valence-corrected chi connectivity index (χ0v) is 24.5. The number of benzene rings is 1. The van der Waals surface area contributed by atoms with Crippen LogP contribution in [0.4, 0.5) is 38.1 Å². The van der Waals surface area contributed by atoms with Crippen LogP contribution in [-0.4, -0.2) is 84.1 Å². The maximum absolute atomic E-state index is 15.9. The topological polar surface area (TPSA) is 98.0 Å². The van der Waals surface area contributed by atoms with Crippen molar-refractivity contribution in [1.29, 1.82) is 0 Å². The van der Waals surface area contributed by atoms with Crippen LogP contribution in [0.25, 0.3) is 5.57 Å². The van der Waals surface area contributed by atoms with Gasteiger partial charge in [-0.2, -0.15) is 0 Å². The Morgan fingerprint density at radius 1 is 1.11 bits per heavy atom. The summed E-state index contributed by atoms with van der Waals surface area (Å²) < 4.78 is 74.9. The second-order valence-electron chi connectivity index (χ2n) is 11.7. The number of aromatic nitrogens is 1. The lowest BCUT2D eigenvalue weighted by atomic mass is 9.91. The Kier molecular flexibility index (Phi) is 8.74. The Labute approximate surface area is 250 Å². The quantitative estimate of drug-likeness (QED) is 0.427. The highest BCUT2D eigenvalue weighted by molar-refractivity contribution is 6.07. The summed E-state index contributed by atoms with van der Waals surface area (Å²) in [4.78, 5) is 45.3. The van der Waals surface area contributed by atoms with E-state index in [9.17, 15) is 31.9 Å². The molecular weight excluding hydrogens is 589 g/mol. The summed E-state index contributed by atoms with van der Waals surface area (Å²) in [5.74, 6) is -4.41. The molecule has 0 radical (unpaired) electrons. The van der Waals surface area contributed by atoms with E-state index in [1.165, 1.54) is 17.0 Å². The average molecular weight is 624 g/mol. The second kappa shape index (κ2) is 12.2. The number of halogens is 5. The van der Waals surface area contributed by atoms with Crippen LogP contribution in [0.2, 0.25) is 0 Å². The normalized spacial score (nSPS) is 22.4. The van der Waals surface area contributed by atoms with Crippen molar-refractivity contribution < 1.29 is 36.3 Å². The summed E-state index contributed by atoms with van der Waals surface area (Å²) in [6.07, 6.45) is -2.85. The molecule has 2 atom stereocenters. The SMILES string of the molecule is CC1CN(c2cc(F)c(C3=CCCN(C(=O)OC4CC(F)(F)C4)C3)cc2NC(=O)c2c[nH]c(=O)cc2C(F)F)CC(C)N1C. The molecule has 2 aliphatic heterocycles. The van der Waals surface area contributed by atoms with Gasteiger partial charge < -0.3 is 24.8 Å². The summed E-state index contributed by atoms with van der Waals surface area (Å²) in [6.45, 7) is 5.17. The van der Waals surface area contributed by atoms with Gasteiger partial charge in [0.2, 0.25) is 5.56 Å². The maximum Gasteiger partial charge on any atom is 0.410 e. The van der Waals surface area contributed by atoms with Gasteiger partial charge in [0, 0.05) is 74.5 Å². The van der Waals surface area contributed by atoms with Crippen molar-refractivity contribution in [3.63, 3.8) is 0 Å². The number of anilines is 2. The van der Waals surface area contributed by atoms with E-state index >= 15 is 4.39 Å². The van der Waals surface area contributed by atoms with Crippen LogP contribution in [0.15, 0.2) is 35.3 Å². The first-order chi connectivity index (χ1) is 20.7. The molecule has 0 spiro atoms. The molecule has 9 nitrogen and oxygen atoms in total. The first-order valence-electron chi connectivity index (χ1n) is 14.4. The number of pyridine rings is 1. The summed E-state index contributed by atoms with van der Waals surface area (Å²) in [5.41, 5.74) is -1.01. The lowest BCUT2D eigenvalue weighted by molar-refractivity contribution is -0.147. The molecule has 1 saturated carbocycles. The van der Waals surface area contributed by atoms with E-state index in [0.29, 0.717) is 36.8 Å². The molecule has 2 amide bonds. The minimum absolute atomic E-state index is 0.0658. The number of nitrogens with one attached hydrogen (secondary N) is 2. The molecule has 0 bridgehead atoms. The van der Waals surface area contributed by atoms with Crippen molar-refractivity contribution in [2.75, 3.05) is 43.4 Å². The van der Waals surface area contributed by atoms with E-state index in [-0.39, 0.29) is 36.4 Å².